The first-order chi connectivity index (χ1) is 10.3. The molecule has 0 amide bonds. The molecule has 0 spiro atoms. The summed E-state index contributed by atoms with van der Waals surface area (Å²) >= 11 is 0. The Bertz CT molecular complexity index is 518. The van der Waals surface area contributed by atoms with Gasteiger partial charge in [-0.15, -0.1) is 0 Å². The van der Waals surface area contributed by atoms with Crippen LogP contribution in [0.25, 0.3) is 0 Å². The van der Waals surface area contributed by atoms with E-state index in [-0.39, 0.29) is 0 Å². The highest BCUT2D eigenvalue weighted by Gasteiger charge is 2.29. The van der Waals surface area contributed by atoms with Crippen molar-refractivity contribution in [3.05, 3.63) is 58.7 Å². The van der Waals surface area contributed by atoms with Crippen LogP contribution >= 0.6 is 0 Å². The highest BCUT2D eigenvalue weighted by Crippen LogP contribution is 2.43. The molecule has 0 heterocycles. The summed E-state index contributed by atoms with van der Waals surface area (Å²) in [6.07, 6.45) is 17.1. The van der Waals surface area contributed by atoms with E-state index in [9.17, 15) is 0 Å². The van der Waals surface area contributed by atoms with Gasteiger partial charge in [-0.25, -0.2) is 0 Å². The zero-order valence-corrected chi connectivity index (χ0v) is 15.7. The van der Waals surface area contributed by atoms with Gasteiger partial charge in [0, 0.05) is 0 Å². The molecule has 22 heavy (non-hydrogen) atoms. The van der Waals surface area contributed by atoms with Crippen molar-refractivity contribution in [3.8, 4) is 0 Å². The zero-order chi connectivity index (χ0) is 16.8. The molecule has 0 saturated carbocycles. The third-order valence-electron chi connectivity index (χ3n) is 4.85. The molecule has 0 heteroatoms. The van der Waals surface area contributed by atoms with Crippen molar-refractivity contribution in [2.24, 2.45) is 11.3 Å². The maximum Gasteiger partial charge on any atom is -0.0104 e. The van der Waals surface area contributed by atoms with Crippen LogP contribution < -0.4 is 0 Å². The van der Waals surface area contributed by atoms with Gasteiger partial charge in [-0.1, -0.05) is 80.9 Å². The molecule has 122 valence electrons. The normalized spacial score (nSPS) is 23.9. The first-order valence-electron chi connectivity index (χ1n) is 8.69. The molecule has 0 aromatic heterocycles. The Morgan fingerprint density at radius 3 is 2.50 bits per heavy atom. The number of rotatable bonds is 5. The fourth-order valence-corrected chi connectivity index (χ4v) is 3.10. The quantitative estimate of drug-likeness (QED) is 0.472. The molecule has 0 saturated heterocycles. The highest BCUT2D eigenvalue weighted by atomic mass is 14.3. The topological polar surface area (TPSA) is 0 Å². The SMILES string of the molecule is CC/C=C(C)/C=C/C=C(C)/C=C/C1=C(C)C(C)CCC1(C)C. The van der Waals surface area contributed by atoms with E-state index < -0.39 is 0 Å². The maximum atomic E-state index is 2.37. The summed E-state index contributed by atoms with van der Waals surface area (Å²) in [4.78, 5) is 0. The molecule has 1 aliphatic carbocycles. The van der Waals surface area contributed by atoms with Gasteiger partial charge in [0.15, 0.2) is 0 Å². The number of allylic oxidation sites excluding steroid dienone is 10. The van der Waals surface area contributed by atoms with Crippen LogP contribution in [0.4, 0.5) is 0 Å². The van der Waals surface area contributed by atoms with E-state index in [0.717, 1.165) is 12.3 Å². The monoisotopic (exact) mass is 298 g/mol. The van der Waals surface area contributed by atoms with Gasteiger partial charge in [0.05, 0.1) is 0 Å². The smallest absolute Gasteiger partial charge is 0.0104 e. The summed E-state index contributed by atoms with van der Waals surface area (Å²) in [6, 6.07) is 0. The van der Waals surface area contributed by atoms with E-state index in [4.69, 9.17) is 0 Å². The minimum Gasteiger partial charge on any atom is -0.0819 e. The Hall–Kier alpha value is -1.30. The Morgan fingerprint density at radius 1 is 1.18 bits per heavy atom. The standard InChI is InChI=1S/C22H34/c1-8-10-17(2)11-9-12-18(3)13-14-21-20(5)19(4)15-16-22(21,6)7/h9-14,19H,8,15-16H2,1-7H3/b11-9+,14-13+,17-10+,18-12+. The lowest BCUT2D eigenvalue weighted by Crippen LogP contribution is -2.23. The van der Waals surface area contributed by atoms with Crippen molar-refractivity contribution in [2.75, 3.05) is 0 Å². The van der Waals surface area contributed by atoms with Crippen LogP contribution in [0.2, 0.25) is 0 Å². The van der Waals surface area contributed by atoms with Crippen molar-refractivity contribution in [1.82, 2.24) is 0 Å². The molecule has 0 N–H and O–H groups in total. The second-order valence-electron chi connectivity index (χ2n) is 7.38. The molecule has 1 atom stereocenters. The van der Waals surface area contributed by atoms with Crippen LogP contribution in [-0.4, -0.2) is 0 Å². The third kappa shape index (κ3) is 5.48. The van der Waals surface area contributed by atoms with Crippen LogP contribution in [0.5, 0.6) is 0 Å². The van der Waals surface area contributed by atoms with Gasteiger partial charge in [0.25, 0.3) is 0 Å². The van der Waals surface area contributed by atoms with E-state index >= 15 is 0 Å². The van der Waals surface area contributed by atoms with E-state index in [2.05, 4.69) is 84.9 Å². The van der Waals surface area contributed by atoms with Crippen LogP contribution in [0.1, 0.15) is 67.7 Å². The minimum atomic E-state index is 0.309. The predicted molar refractivity (Wildman–Crippen MR) is 101 cm³/mol. The van der Waals surface area contributed by atoms with Crippen LogP contribution in [0.3, 0.4) is 0 Å². The molecule has 0 fully saturated rings. The van der Waals surface area contributed by atoms with Crippen LogP contribution in [0.15, 0.2) is 58.7 Å². The Labute approximate surface area is 138 Å². The average molecular weight is 299 g/mol. The lowest BCUT2D eigenvalue weighted by molar-refractivity contribution is 0.339. The van der Waals surface area contributed by atoms with Gasteiger partial charge in [0.2, 0.25) is 0 Å². The molecule has 1 aliphatic rings. The molecule has 1 rings (SSSR count). The predicted octanol–water partition coefficient (Wildman–Crippen LogP) is 7.17. The van der Waals surface area contributed by atoms with E-state index in [1.807, 2.05) is 0 Å². The molecule has 0 aromatic carbocycles. The Kier molecular flexibility index (Phi) is 7.13. The van der Waals surface area contributed by atoms with E-state index in [1.54, 1.807) is 5.57 Å². The van der Waals surface area contributed by atoms with Crippen molar-refractivity contribution in [3.63, 3.8) is 0 Å². The van der Waals surface area contributed by atoms with Crippen LogP contribution in [0, 0.1) is 11.3 Å². The first-order valence-corrected chi connectivity index (χ1v) is 8.69. The summed E-state index contributed by atoms with van der Waals surface area (Å²) in [5, 5.41) is 0. The van der Waals surface area contributed by atoms with Gasteiger partial charge in [-0.3, -0.25) is 0 Å². The van der Waals surface area contributed by atoms with Crippen molar-refractivity contribution in [1.29, 1.82) is 0 Å². The summed E-state index contributed by atoms with van der Waals surface area (Å²) in [6.45, 7) is 15.9. The summed E-state index contributed by atoms with van der Waals surface area (Å²) in [5.74, 6) is 0.721. The molecular formula is C22H34. The second-order valence-corrected chi connectivity index (χ2v) is 7.38. The minimum absolute atomic E-state index is 0.309. The Morgan fingerprint density at radius 2 is 1.86 bits per heavy atom. The molecule has 0 bridgehead atoms. The molecular weight excluding hydrogens is 264 g/mol. The van der Waals surface area contributed by atoms with Gasteiger partial charge in [-0.2, -0.15) is 0 Å². The summed E-state index contributed by atoms with van der Waals surface area (Å²) in [5.41, 5.74) is 6.04. The fraction of sp³-hybridized carbons (Fsp3) is 0.545. The second kappa shape index (κ2) is 8.36. The average Bonchev–Trinajstić information content (AvgIpc) is 2.43. The fourth-order valence-electron chi connectivity index (χ4n) is 3.10. The van der Waals surface area contributed by atoms with Gasteiger partial charge < -0.3 is 0 Å². The summed E-state index contributed by atoms with van der Waals surface area (Å²) in [7, 11) is 0. The number of hydrogen-bond donors (Lipinski definition) is 0. The summed E-state index contributed by atoms with van der Waals surface area (Å²) < 4.78 is 0. The maximum absolute atomic E-state index is 2.37. The number of hydrogen-bond acceptors (Lipinski definition) is 0. The van der Waals surface area contributed by atoms with Gasteiger partial charge in [-0.05, 0) is 56.9 Å². The van der Waals surface area contributed by atoms with Crippen molar-refractivity contribution in [2.45, 2.75) is 67.7 Å². The largest absolute Gasteiger partial charge is 0.0819 e. The third-order valence-corrected chi connectivity index (χ3v) is 4.85. The van der Waals surface area contributed by atoms with Gasteiger partial charge >= 0.3 is 0 Å². The molecule has 0 radical (unpaired) electrons. The zero-order valence-electron chi connectivity index (χ0n) is 15.7. The highest BCUT2D eigenvalue weighted by molar-refractivity contribution is 5.37. The Balaban J connectivity index is 2.86. The lowest BCUT2D eigenvalue weighted by Gasteiger charge is -2.36. The van der Waals surface area contributed by atoms with Crippen molar-refractivity contribution >= 4 is 0 Å². The van der Waals surface area contributed by atoms with E-state index in [1.165, 1.54) is 29.6 Å². The van der Waals surface area contributed by atoms with Crippen molar-refractivity contribution < 1.29 is 0 Å². The van der Waals surface area contributed by atoms with E-state index in [0.29, 0.717) is 5.41 Å². The van der Waals surface area contributed by atoms with Crippen LogP contribution in [-0.2, 0) is 0 Å². The molecule has 0 aliphatic heterocycles. The lowest BCUT2D eigenvalue weighted by atomic mass is 9.69. The molecule has 1 unspecified atom stereocenters. The molecule has 0 aromatic rings. The molecule has 0 nitrogen and oxygen atoms in total. The first kappa shape index (κ1) is 18.7. The van der Waals surface area contributed by atoms with Gasteiger partial charge in [0.1, 0.15) is 0 Å².